The SMILES string of the molecule is O=C(CCN1C(=O)c2ccccc2C1=O)NCc1ccc(N2CCc3ccccc3C2)nc1. The van der Waals surface area contributed by atoms with Gasteiger partial charge in [0, 0.05) is 38.8 Å². The Kier molecular flexibility index (Phi) is 5.60. The van der Waals surface area contributed by atoms with E-state index >= 15 is 0 Å². The minimum atomic E-state index is -0.344. The molecule has 5 rings (SSSR count). The second-order valence-corrected chi connectivity index (χ2v) is 8.30. The van der Waals surface area contributed by atoms with Crippen molar-refractivity contribution >= 4 is 23.5 Å². The summed E-state index contributed by atoms with van der Waals surface area (Å²) in [5, 5.41) is 2.84. The van der Waals surface area contributed by atoms with Crippen LogP contribution < -0.4 is 10.2 Å². The van der Waals surface area contributed by atoms with Gasteiger partial charge in [-0.1, -0.05) is 42.5 Å². The van der Waals surface area contributed by atoms with Gasteiger partial charge in [0.15, 0.2) is 0 Å². The highest BCUT2D eigenvalue weighted by molar-refractivity contribution is 6.21. The number of fused-ring (bicyclic) bond motifs is 2. The molecule has 0 atom stereocenters. The van der Waals surface area contributed by atoms with Gasteiger partial charge in [0.1, 0.15) is 5.82 Å². The lowest BCUT2D eigenvalue weighted by atomic mass is 10.00. The van der Waals surface area contributed by atoms with E-state index in [0.29, 0.717) is 17.7 Å². The summed E-state index contributed by atoms with van der Waals surface area (Å²) in [4.78, 5) is 45.1. The van der Waals surface area contributed by atoms with E-state index in [1.165, 1.54) is 11.1 Å². The molecule has 2 aliphatic heterocycles. The number of aromatic nitrogens is 1. The Morgan fingerprint density at radius 2 is 1.61 bits per heavy atom. The Bertz CT molecular complexity index is 1190. The lowest BCUT2D eigenvalue weighted by molar-refractivity contribution is -0.121. The highest BCUT2D eigenvalue weighted by Gasteiger charge is 2.34. The van der Waals surface area contributed by atoms with Gasteiger partial charge in [-0.3, -0.25) is 19.3 Å². The van der Waals surface area contributed by atoms with Crippen LogP contribution in [0.3, 0.4) is 0 Å². The number of carbonyl (C=O) groups excluding carboxylic acids is 3. The number of imide groups is 1. The Morgan fingerprint density at radius 1 is 0.909 bits per heavy atom. The molecule has 166 valence electrons. The van der Waals surface area contributed by atoms with Gasteiger partial charge in [-0.25, -0.2) is 4.98 Å². The third kappa shape index (κ3) is 4.22. The third-order valence-corrected chi connectivity index (χ3v) is 6.19. The average molecular weight is 441 g/mol. The van der Waals surface area contributed by atoms with Crippen LogP contribution in [0.4, 0.5) is 5.82 Å². The molecular formula is C26H24N4O3. The van der Waals surface area contributed by atoms with Crippen molar-refractivity contribution < 1.29 is 14.4 Å². The number of amides is 3. The molecule has 3 amide bonds. The molecular weight excluding hydrogens is 416 g/mol. The maximum absolute atomic E-state index is 12.4. The van der Waals surface area contributed by atoms with E-state index in [1.54, 1.807) is 30.5 Å². The van der Waals surface area contributed by atoms with E-state index in [0.717, 1.165) is 35.8 Å². The van der Waals surface area contributed by atoms with Crippen LogP contribution in [-0.4, -0.2) is 40.7 Å². The number of rotatable bonds is 6. The van der Waals surface area contributed by atoms with E-state index < -0.39 is 0 Å². The van der Waals surface area contributed by atoms with Crippen molar-refractivity contribution in [2.45, 2.75) is 25.9 Å². The van der Waals surface area contributed by atoms with Crippen LogP contribution in [0, 0.1) is 0 Å². The van der Waals surface area contributed by atoms with Gasteiger partial charge in [0.25, 0.3) is 11.8 Å². The fraction of sp³-hybridized carbons (Fsp3) is 0.231. The molecule has 0 unspecified atom stereocenters. The van der Waals surface area contributed by atoms with Gasteiger partial charge < -0.3 is 10.2 Å². The molecule has 0 saturated carbocycles. The summed E-state index contributed by atoms with van der Waals surface area (Å²) in [5.41, 5.74) is 4.41. The number of nitrogens with zero attached hydrogens (tertiary/aromatic N) is 3. The Balaban J connectivity index is 1.11. The topological polar surface area (TPSA) is 82.6 Å². The molecule has 1 N–H and O–H groups in total. The van der Waals surface area contributed by atoms with Crippen molar-refractivity contribution in [3.63, 3.8) is 0 Å². The number of anilines is 1. The minimum absolute atomic E-state index is 0.0597. The molecule has 0 aliphatic carbocycles. The molecule has 0 radical (unpaired) electrons. The van der Waals surface area contributed by atoms with E-state index in [9.17, 15) is 14.4 Å². The zero-order valence-corrected chi connectivity index (χ0v) is 18.2. The van der Waals surface area contributed by atoms with Crippen molar-refractivity contribution in [2.75, 3.05) is 18.0 Å². The van der Waals surface area contributed by atoms with Gasteiger partial charge in [0.05, 0.1) is 11.1 Å². The lowest BCUT2D eigenvalue weighted by Crippen LogP contribution is -2.34. The number of nitrogens with one attached hydrogen (secondary N) is 1. The van der Waals surface area contributed by atoms with Crippen molar-refractivity contribution in [1.82, 2.24) is 15.2 Å². The lowest BCUT2D eigenvalue weighted by Gasteiger charge is -2.29. The van der Waals surface area contributed by atoms with Gasteiger partial charge in [-0.2, -0.15) is 0 Å². The molecule has 2 aromatic carbocycles. The molecule has 0 spiro atoms. The standard InChI is InChI=1S/C26H24N4O3/c31-24(12-14-30-25(32)21-7-3-4-8-22(21)26(30)33)28-16-18-9-10-23(27-15-18)29-13-11-19-5-1-2-6-20(19)17-29/h1-10,15H,11-14,16-17H2,(H,28,31). The number of hydrogen-bond acceptors (Lipinski definition) is 5. The van der Waals surface area contributed by atoms with E-state index in [2.05, 4.69) is 39.5 Å². The zero-order chi connectivity index (χ0) is 22.8. The maximum Gasteiger partial charge on any atom is 0.261 e. The summed E-state index contributed by atoms with van der Waals surface area (Å²) < 4.78 is 0. The predicted molar refractivity (Wildman–Crippen MR) is 124 cm³/mol. The zero-order valence-electron chi connectivity index (χ0n) is 18.2. The van der Waals surface area contributed by atoms with Crippen LogP contribution >= 0.6 is 0 Å². The average Bonchev–Trinajstić information content (AvgIpc) is 3.11. The second kappa shape index (κ2) is 8.86. The maximum atomic E-state index is 12.4. The van der Waals surface area contributed by atoms with E-state index in [-0.39, 0.29) is 30.7 Å². The quantitative estimate of drug-likeness (QED) is 0.596. The van der Waals surface area contributed by atoms with Crippen LogP contribution in [0.5, 0.6) is 0 Å². The van der Waals surface area contributed by atoms with Crippen molar-refractivity contribution in [3.8, 4) is 0 Å². The summed E-state index contributed by atoms with van der Waals surface area (Å²) in [6, 6.07) is 19.2. The van der Waals surface area contributed by atoms with E-state index in [1.807, 2.05) is 12.1 Å². The van der Waals surface area contributed by atoms with Gasteiger partial charge >= 0.3 is 0 Å². The number of hydrogen-bond donors (Lipinski definition) is 1. The predicted octanol–water partition coefficient (Wildman–Crippen LogP) is 2.95. The Labute approximate surface area is 192 Å². The normalized spacial score (nSPS) is 14.8. The van der Waals surface area contributed by atoms with Crippen LogP contribution in [0.25, 0.3) is 0 Å². The highest BCUT2D eigenvalue weighted by Crippen LogP contribution is 2.24. The van der Waals surface area contributed by atoms with E-state index in [4.69, 9.17) is 0 Å². The molecule has 2 aliphatic rings. The molecule has 7 nitrogen and oxygen atoms in total. The fourth-order valence-corrected chi connectivity index (χ4v) is 4.34. The van der Waals surface area contributed by atoms with Crippen molar-refractivity contribution in [1.29, 1.82) is 0 Å². The molecule has 0 bridgehead atoms. The molecule has 3 heterocycles. The largest absolute Gasteiger partial charge is 0.352 e. The highest BCUT2D eigenvalue weighted by atomic mass is 16.2. The van der Waals surface area contributed by atoms with Crippen LogP contribution in [0.1, 0.15) is 43.8 Å². The number of pyridine rings is 1. The first kappa shape index (κ1) is 20.9. The molecule has 0 fully saturated rings. The van der Waals surface area contributed by atoms with Crippen LogP contribution in [0.15, 0.2) is 66.9 Å². The van der Waals surface area contributed by atoms with Gasteiger partial charge in [0.2, 0.25) is 5.91 Å². The molecule has 0 saturated heterocycles. The minimum Gasteiger partial charge on any atom is -0.352 e. The second-order valence-electron chi connectivity index (χ2n) is 8.30. The number of benzene rings is 2. The van der Waals surface area contributed by atoms with Gasteiger partial charge in [-0.15, -0.1) is 0 Å². The summed E-state index contributed by atoms with van der Waals surface area (Å²) in [6.07, 6.45) is 2.84. The number of carbonyl (C=O) groups is 3. The summed E-state index contributed by atoms with van der Waals surface area (Å²) in [5.74, 6) is 0.0144. The van der Waals surface area contributed by atoms with Crippen molar-refractivity contribution in [2.24, 2.45) is 0 Å². The molecule has 1 aromatic heterocycles. The third-order valence-electron chi connectivity index (χ3n) is 6.19. The Morgan fingerprint density at radius 3 is 2.30 bits per heavy atom. The molecule has 3 aromatic rings. The summed E-state index contributed by atoms with van der Waals surface area (Å²) >= 11 is 0. The van der Waals surface area contributed by atoms with Gasteiger partial charge in [-0.05, 0) is 41.3 Å². The first-order valence-corrected chi connectivity index (χ1v) is 11.1. The monoisotopic (exact) mass is 440 g/mol. The fourth-order valence-electron chi connectivity index (χ4n) is 4.34. The first-order valence-electron chi connectivity index (χ1n) is 11.1. The summed E-state index contributed by atoms with van der Waals surface area (Å²) in [7, 11) is 0. The smallest absolute Gasteiger partial charge is 0.261 e. The van der Waals surface area contributed by atoms with Crippen molar-refractivity contribution in [3.05, 3.63) is 94.7 Å². The van der Waals surface area contributed by atoms with Crippen LogP contribution in [-0.2, 0) is 24.3 Å². The summed E-state index contributed by atoms with van der Waals surface area (Å²) in [6.45, 7) is 2.18. The Hall–Kier alpha value is -4.00. The van der Waals surface area contributed by atoms with Crippen LogP contribution in [0.2, 0.25) is 0 Å². The molecule has 7 heteroatoms. The first-order chi connectivity index (χ1) is 16.1. The molecule has 33 heavy (non-hydrogen) atoms.